The van der Waals surface area contributed by atoms with Crippen LogP contribution in [0.5, 0.6) is 0 Å². The minimum atomic E-state index is -1.16. The van der Waals surface area contributed by atoms with E-state index in [1.165, 1.54) is 10.9 Å². The Balaban J connectivity index is 2.73. The first-order valence-corrected chi connectivity index (χ1v) is 6.60. The first kappa shape index (κ1) is 16.4. The molecule has 1 atom stereocenters. The SMILES string of the molecule is C=C(/C=C\CC)N=CCC(C)n1cc(C(=O)O)c(C#N)n1. The van der Waals surface area contributed by atoms with Gasteiger partial charge in [-0.3, -0.25) is 9.67 Å². The Kier molecular flexibility index (Phi) is 6.08. The molecule has 1 aromatic rings. The maximum Gasteiger partial charge on any atom is 0.340 e. The molecular weight excluding hydrogens is 268 g/mol. The van der Waals surface area contributed by atoms with Gasteiger partial charge in [0.05, 0.1) is 11.7 Å². The van der Waals surface area contributed by atoms with E-state index in [9.17, 15) is 4.79 Å². The summed E-state index contributed by atoms with van der Waals surface area (Å²) >= 11 is 0. The summed E-state index contributed by atoms with van der Waals surface area (Å²) in [4.78, 5) is 15.2. The number of nitrogens with zero attached hydrogens (tertiary/aromatic N) is 4. The van der Waals surface area contributed by atoms with Crippen LogP contribution in [-0.4, -0.2) is 27.1 Å². The molecule has 0 saturated heterocycles. The summed E-state index contributed by atoms with van der Waals surface area (Å²) in [6.45, 7) is 7.69. The number of hydrogen-bond donors (Lipinski definition) is 1. The van der Waals surface area contributed by atoms with Crippen molar-refractivity contribution in [3.8, 4) is 6.07 Å². The van der Waals surface area contributed by atoms with Gasteiger partial charge in [0.25, 0.3) is 0 Å². The molecule has 1 aromatic heterocycles. The standard InChI is InChI=1S/C15H18N4O2/c1-4-5-6-11(2)17-8-7-12(3)19-10-13(15(20)21)14(9-16)18-19/h5-6,8,10,12H,2,4,7H2,1,3H3,(H,20,21)/b6-5-,17-8?. The minimum absolute atomic E-state index is 0.0819. The van der Waals surface area contributed by atoms with Crippen molar-refractivity contribution < 1.29 is 9.90 Å². The number of carboxylic acid groups (broad SMARTS) is 1. The van der Waals surface area contributed by atoms with Gasteiger partial charge >= 0.3 is 5.97 Å². The number of aliphatic imine (C=N–C) groups is 1. The van der Waals surface area contributed by atoms with Crippen LogP contribution >= 0.6 is 0 Å². The second-order valence-electron chi connectivity index (χ2n) is 4.49. The van der Waals surface area contributed by atoms with Gasteiger partial charge < -0.3 is 5.11 Å². The highest BCUT2D eigenvalue weighted by molar-refractivity contribution is 5.89. The van der Waals surface area contributed by atoms with Crippen LogP contribution in [0, 0.1) is 11.3 Å². The number of nitriles is 1. The van der Waals surface area contributed by atoms with Crippen molar-refractivity contribution in [3.05, 3.63) is 41.9 Å². The Hall–Kier alpha value is -2.68. The number of rotatable bonds is 7. The van der Waals surface area contributed by atoms with Gasteiger partial charge in [0.1, 0.15) is 11.6 Å². The third kappa shape index (κ3) is 4.73. The fourth-order valence-corrected chi connectivity index (χ4v) is 1.58. The lowest BCUT2D eigenvalue weighted by molar-refractivity contribution is 0.0696. The Morgan fingerprint density at radius 2 is 2.43 bits per heavy atom. The van der Waals surface area contributed by atoms with E-state index >= 15 is 0 Å². The van der Waals surface area contributed by atoms with Gasteiger partial charge in [-0.05, 0) is 19.4 Å². The number of allylic oxidation sites excluding steroid dienone is 2. The Bertz CT molecular complexity index is 620. The number of carbonyl (C=O) groups is 1. The summed E-state index contributed by atoms with van der Waals surface area (Å²) in [5.41, 5.74) is 0.492. The van der Waals surface area contributed by atoms with E-state index in [0.29, 0.717) is 12.1 Å². The van der Waals surface area contributed by atoms with Crippen molar-refractivity contribution in [2.24, 2.45) is 4.99 Å². The fourth-order valence-electron chi connectivity index (χ4n) is 1.58. The maximum absolute atomic E-state index is 11.0. The van der Waals surface area contributed by atoms with Crippen molar-refractivity contribution in [2.75, 3.05) is 0 Å². The molecule has 1 unspecified atom stereocenters. The molecule has 0 aliphatic heterocycles. The first-order valence-electron chi connectivity index (χ1n) is 6.60. The zero-order valence-electron chi connectivity index (χ0n) is 12.2. The summed E-state index contributed by atoms with van der Waals surface area (Å²) in [5, 5.41) is 21.8. The average molecular weight is 286 g/mol. The van der Waals surface area contributed by atoms with Crippen LogP contribution in [0.3, 0.4) is 0 Å². The third-order valence-electron chi connectivity index (χ3n) is 2.77. The maximum atomic E-state index is 11.0. The van der Waals surface area contributed by atoms with Crippen LogP contribution in [-0.2, 0) is 0 Å². The molecule has 6 nitrogen and oxygen atoms in total. The molecule has 1 heterocycles. The quantitative estimate of drug-likeness (QED) is 0.616. The normalized spacial score (nSPS) is 12.6. The molecule has 0 aliphatic rings. The van der Waals surface area contributed by atoms with Crippen LogP contribution in [0.25, 0.3) is 0 Å². The first-order chi connectivity index (χ1) is 9.99. The van der Waals surface area contributed by atoms with Crippen LogP contribution in [0.1, 0.15) is 48.8 Å². The molecule has 0 amide bonds. The monoisotopic (exact) mass is 286 g/mol. The second kappa shape index (κ2) is 7.80. The van der Waals surface area contributed by atoms with Crippen LogP contribution in [0.2, 0.25) is 0 Å². The number of carboxylic acids is 1. The van der Waals surface area contributed by atoms with E-state index in [1.807, 2.05) is 26.0 Å². The van der Waals surface area contributed by atoms with Gasteiger partial charge in [0.2, 0.25) is 0 Å². The molecule has 1 N–H and O–H groups in total. The Morgan fingerprint density at radius 3 is 2.95 bits per heavy atom. The van der Waals surface area contributed by atoms with Gasteiger partial charge in [0, 0.05) is 18.8 Å². The van der Waals surface area contributed by atoms with E-state index in [0.717, 1.165) is 6.42 Å². The molecule has 0 aliphatic carbocycles. The minimum Gasteiger partial charge on any atom is -0.478 e. The number of aromatic nitrogens is 2. The van der Waals surface area contributed by atoms with Crippen LogP contribution < -0.4 is 0 Å². The van der Waals surface area contributed by atoms with Crippen molar-refractivity contribution in [2.45, 2.75) is 32.7 Å². The molecule has 0 radical (unpaired) electrons. The lowest BCUT2D eigenvalue weighted by Crippen LogP contribution is -2.06. The van der Waals surface area contributed by atoms with Crippen LogP contribution in [0.4, 0.5) is 0 Å². The van der Waals surface area contributed by atoms with E-state index in [4.69, 9.17) is 10.4 Å². The summed E-state index contributed by atoms with van der Waals surface area (Å²) in [7, 11) is 0. The van der Waals surface area contributed by atoms with Gasteiger partial charge in [-0.15, -0.1) is 0 Å². The fraction of sp³-hybridized carbons (Fsp3) is 0.333. The molecule has 0 saturated carbocycles. The lowest BCUT2D eigenvalue weighted by atomic mass is 10.2. The molecule has 0 bridgehead atoms. The van der Waals surface area contributed by atoms with E-state index in [-0.39, 0.29) is 17.3 Å². The smallest absolute Gasteiger partial charge is 0.340 e. The lowest BCUT2D eigenvalue weighted by Gasteiger charge is -2.08. The Labute approximate surface area is 123 Å². The van der Waals surface area contributed by atoms with Gasteiger partial charge in [0.15, 0.2) is 5.69 Å². The molecule has 1 rings (SSSR count). The third-order valence-corrected chi connectivity index (χ3v) is 2.77. The summed E-state index contributed by atoms with van der Waals surface area (Å²) < 4.78 is 1.47. The van der Waals surface area contributed by atoms with Gasteiger partial charge in [-0.25, -0.2) is 4.79 Å². The topological polar surface area (TPSA) is 91.3 Å². The molecule has 0 fully saturated rings. The Morgan fingerprint density at radius 1 is 1.71 bits per heavy atom. The van der Waals surface area contributed by atoms with E-state index < -0.39 is 5.97 Å². The zero-order chi connectivity index (χ0) is 15.8. The number of aromatic carboxylic acids is 1. The number of hydrogen-bond acceptors (Lipinski definition) is 4. The summed E-state index contributed by atoms with van der Waals surface area (Å²) in [5.74, 6) is -1.16. The highest BCUT2D eigenvalue weighted by Gasteiger charge is 2.17. The van der Waals surface area contributed by atoms with Crippen molar-refractivity contribution in [3.63, 3.8) is 0 Å². The molecule has 6 heteroatoms. The van der Waals surface area contributed by atoms with E-state index in [2.05, 4.69) is 16.7 Å². The molecule has 110 valence electrons. The molecule has 21 heavy (non-hydrogen) atoms. The molecule has 0 aromatic carbocycles. The largest absolute Gasteiger partial charge is 0.478 e. The van der Waals surface area contributed by atoms with Crippen molar-refractivity contribution >= 4 is 12.2 Å². The zero-order valence-corrected chi connectivity index (χ0v) is 12.2. The van der Waals surface area contributed by atoms with Crippen molar-refractivity contribution in [1.82, 2.24) is 9.78 Å². The van der Waals surface area contributed by atoms with Crippen molar-refractivity contribution in [1.29, 1.82) is 5.26 Å². The van der Waals surface area contributed by atoms with Gasteiger partial charge in [-0.1, -0.05) is 19.6 Å². The summed E-state index contributed by atoms with van der Waals surface area (Å²) in [6, 6.07) is 1.68. The summed E-state index contributed by atoms with van der Waals surface area (Å²) in [6.07, 6.45) is 8.37. The molecule has 0 spiro atoms. The van der Waals surface area contributed by atoms with E-state index in [1.54, 1.807) is 12.3 Å². The predicted molar refractivity (Wildman–Crippen MR) is 80.3 cm³/mol. The predicted octanol–water partition coefficient (Wildman–Crippen LogP) is 2.95. The second-order valence-corrected chi connectivity index (χ2v) is 4.49. The van der Waals surface area contributed by atoms with Crippen LogP contribution in [0.15, 0.2) is 35.6 Å². The highest BCUT2D eigenvalue weighted by Crippen LogP contribution is 2.13. The highest BCUT2D eigenvalue weighted by atomic mass is 16.4. The average Bonchev–Trinajstić information content (AvgIpc) is 2.89. The van der Waals surface area contributed by atoms with Gasteiger partial charge in [-0.2, -0.15) is 10.4 Å². The molecular formula is C15H18N4O2.